The molecule has 0 N–H and O–H groups in total. The van der Waals surface area contributed by atoms with Crippen LogP contribution in [-0.2, 0) is 12.8 Å². The fourth-order valence-corrected chi connectivity index (χ4v) is 2.55. The topological polar surface area (TPSA) is 29.0 Å². The van der Waals surface area contributed by atoms with Crippen LogP contribution >= 0.6 is 0 Å². The van der Waals surface area contributed by atoms with E-state index in [1.54, 1.807) is 0 Å². The Hall–Kier alpha value is -1.12. The number of rotatable bonds is 1. The van der Waals surface area contributed by atoms with Crippen LogP contribution in [0.2, 0.25) is 0 Å². The van der Waals surface area contributed by atoms with Gasteiger partial charge in [-0.05, 0) is 45.1 Å². The van der Waals surface area contributed by atoms with Crippen molar-refractivity contribution in [2.45, 2.75) is 45.6 Å². The summed E-state index contributed by atoms with van der Waals surface area (Å²) in [5.74, 6) is 0.965. The Labute approximate surface area is 90.5 Å². The third-order valence-electron chi connectivity index (χ3n) is 3.70. The van der Waals surface area contributed by atoms with Crippen LogP contribution in [0, 0.1) is 6.92 Å². The molecular weight excluding hydrogens is 186 g/mol. The average molecular weight is 203 g/mol. The van der Waals surface area contributed by atoms with Crippen LogP contribution < -0.4 is 4.90 Å². The van der Waals surface area contributed by atoms with E-state index >= 15 is 0 Å². The van der Waals surface area contributed by atoms with Gasteiger partial charge in [-0.25, -0.2) is 9.97 Å². The van der Waals surface area contributed by atoms with Gasteiger partial charge in [-0.2, -0.15) is 0 Å². The van der Waals surface area contributed by atoms with Gasteiger partial charge >= 0.3 is 0 Å². The van der Waals surface area contributed by atoms with Gasteiger partial charge in [-0.15, -0.1) is 0 Å². The number of nitrogens with zero attached hydrogens (tertiary/aromatic N) is 3. The molecule has 3 nitrogen and oxygen atoms in total. The molecule has 1 fully saturated rings. The highest BCUT2D eigenvalue weighted by Gasteiger charge is 2.27. The maximum absolute atomic E-state index is 4.70. The molecule has 1 aliphatic heterocycles. The Bertz CT molecular complexity index is 400. The van der Waals surface area contributed by atoms with E-state index in [1.807, 2.05) is 0 Å². The quantitative estimate of drug-likeness (QED) is 0.697. The molecule has 2 aliphatic rings. The van der Waals surface area contributed by atoms with Crippen molar-refractivity contribution < 1.29 is 0 Å². The van der Waals surface area contributed by atoms with E-state index in [0.717, 1.165) is 18.9 Å². The van der Waals surface area contributed by atoms with Gasteiger partial charge in [0.05, 0.1) is 0 Å². The zero-order chi connectivity index (χ0) is 10.4. The highest BCUT2D eigenvalue weighted by molar-refractivity contribution is 5.41. The van der Waals surface area contributed by atoms with Crippen molar-refractivity contribution in [3.05, 3.63) is 17.0 Å². The zero-order valence-electron chi connectivity index (χ0n) is 9.45. The van der Waals surface area contributed by atoms with E-state index in [1.165, 1.54) is 36.2 Å². The van der Waals surface area contributed by atoms with Crippen molar-refractivity contribution >= 4 is 5.95 Å². The van der Waals surface area contributed by atoms with E-state index in [4.69, 9.17) is 4.98 Å². The average Bonchev–Trinajstić information content (AvgIpc) is 2.64. The van der Waals surface area contributed by atoms with Gasteiger partial charge in [0.25, 0.3) is 0 Å². The fraction of sp³-hybridized carbons (Fsp3) is 0.667. The van der Waals surface area contributed by atoms with Crippen LogP contribution in [0.3, 0.4) is 0 Å². The third-order valence-corrected chi connectivity index (χ3v) is 3.70. The minimum absolute atomic E-state index is 0.629. The number of aryl methyl sites for hydroxylation is 2. The Morgan fingerprint density at radius 2 is 2.13 bits per heavy atom. The Morgan fingerprint density at radius 1 is 1.27 bits per heavy atom. The molecule has 1 saturated heterocycles. The van der Waals surface area contributed by atoms with Crippen LogP contribution in [0.4, 0.5) is 5.95 Å². The zero-order valence-corrected chi connectivity index (χ0v) is 9.45. The summed E-state index contributed by atoms with van der Waals surface area (Å²) >= 11 is 0. The number of aromatic nitrogens is 2. The van der Waals surface area contributed by atoms with Crippen molar-refractivity contribution in [3.8, 4) is 0 Å². The third kappa shape index (κ3) is 1.33. The highest BCUT2D eigenvalue weighted by Crippen LogP contribution is 2.28. The van der Waals surface area contributed by atoms with Crippen molar-refractivity contribution in [2.24, 2.45) is 0 Å². The lowest BCUT2D eigenvalue weighted by Gasteiger charge is -2.39. The first kappa shape index (κ1) is 9.13. The molecule has 0 spiro atoms. The van der Waals surface area contributed by atoms with E-state index in [-0.39, 0.29) is 0 Å². The molecule has 0 radical (unpaired) electrons. The lowest BCUT2D eigenvalue weighted by atomic mass is 10.1. The second kappa shape index (κ2) is 3.19. The van der Waals surface area contributed by atoms with Crippen molar-refractivity contribution in [1.29, 1.82) is 0 Å². The molecule has 3 heteroatoms. The Kier molecular flexibility index (Phi) is 1.94. The summed E-state index contributed by atoms with van der Waals surface area (Å²) < 4.78 is 0. The normalized spacial score (nSPS) is 23.9. The SMILES string of the molecule is Cc1nc(N2CC[C@@H]2C)nc2c1CCC2. The monoisotopic (exact) mass is 203 g/mol. The molecule has 0 saturated carbocycles. The first-order valence-electron chi connectivity index (χ1n) is 5.89. The summed E-state index contributed by atoms with van der Waals surface area (Å²) in [5.41, 5.74) is 3.91. The van der Waals surface area contributed by atoms with Crippen LogP contribution in [0.25, 0.3) is 0 Å². The Balaban J connectivity index is 2.00. The number of fused-ring (bicyclic) bond motifs is 1. The van der Waals surface area contributed by atoms with Crippen molar-refractivity contribution in [3.63, 3.8) is 0 Å². The number of hydrogen-bond donors (Lipinski definition) is 0. The summed E-state index contributed by atoms with van der Waals surface area (Å²) in [6.07, 6.45) is 4.86. The summed E-state index contributed by atoms with van der Waals surface area (Å²) in [6.45, 7) is 5.49. The second-order valence-electron chi connectivity index (χ2n) is 4.72. The standard InChI is InChI=1S/C12H17N3/c1-8-6-7-15(8)12-13-9(2)10-4-3-5-11(10)14-12/h8H,3-7H2,1-2H3/t8-/m0/s1. The first-order chi connectivity index (χ1) is 7.25. The molecule has 0 unspecified atom stereocenters. The molecule has 1 aromatic heterocycles. The van der Waals surface area contributed by atoms with Crippen molar-refractivity contribution in [1.82, 2.24) is 9.97 Å². The predicted octanol–water partition coefficient (Wildman–Crippen LogP) is 1.87. The van der Waals surface area contributed by atoms with Gasteiger partial charge < -0.3 is 4.90 Å². The maximum atomic E-state index is 4.70. The molecule has 80 valence electrons. The van der Waals surface area contributed by atoms with Crippen LogP contribution in [0.1, 0.15) is 36.7 Å². The van der Waals surface area contributed by atoms with Crippen molar-refractivity contribution in [2.75, 3.05) is 11.4 Å². The smallest absolute Gasteiger partial charge is 0.226 e. The lowest BCUT2D eigenvalue weighted by Crippen LogP contribution is -2.46. The number of hydrogen-bond acceptors (Lipinski definition) is 3. The van der Waals surface area contributed by atoms with Gasteiger partial charge in [0.1, 0.15) is 0 Å². The minimum Gasteiger partial charge on any atom is -0.338 e. The second-order valence-corrected chi connectivity index (χ2v) is 4.72. The van der Waals surface area contributed by atoms with Gasteiger partial charge in [0.15, 0.2) is 0 Å². The Morgan fingerprint density at radius 3 is 2.80 bits per heavy atom. The van der Waals surface area contributed by atoms with Gasteiger partial charge in [0, 0.05) is 24.0 Å². The molecule has 1 aromatic rings. The summed E-state index contributed by atoms with van der Waals surface area (Å²) in [6, 6.07) is 0.629. The molecule has 3 rings (SSSR count). The van der Waals surface area contributed by atoms with Gasteiger partial charge in [0.2, 0.25) is 5.95 Å². The molecule has 0 aromatic carbocycles. The molecule has 1 atom stereocenters. The van der Waals surface area contributed by atoms with E-state index in [0.29, 0.717) is 6.04 Å². The van der Waals surface area contributed by atoms with Crippen LogP contribution in [0.15, 0.2) is 0 Å². The molecule has 2 heterocycles. The summed E-state index contributed by atoms with van der Waals surface area (Å²) in [7, 11) is 0. The van der Waals surface area contributed by atoms with Gasteiger partial charge in [-0.1, -0.05) is 0 Å². The van der Waals surface area contributed by atoms with E-state index < -0.39 is 0 Å². The van der Waals surface area contributed by atoms with Crippen LogP contribution in [0.5, 0.6) is 0 Å². The summed E-state index contributed by atoms with van der Waals surface area (Å²) in [5, 5.41) is 0. The molecular formula is C12H17N3. The predicted molar refractivity (Wildman–Crippen MR) is 60.2 cm³/mol. The summed E-state index contributed by atoms with van der Waals surface area (Å²) in [4.78, 5) is 11.6. The maximum Gasteiger partial charge on any atom is 0.226 e. The number of anilines is 1. The molecule has 15 heavy (non-hydrogen) atoms. The molecule has 0 bridgehead atoms. The minimum atomic E-state index is 0.629. The molecule has 0 amide bonds. The van der Waals surface area contributed by atoms with E-state index in [2.05, 4.69) is 23.7 Å². The van der Waals surface area contributed by atoms with Crippen LogP contribution in [-0.4, -0.2) is 22.6 Å². The van der Waals surface area contributed by atoms with E-state index in [9.17, 15) is 0 Å². The highest BCUT2D eigenvalue weighted by atomic mass is 15.3. The molecule has 1 aliphatic carbocycles. The first-order valence-corrected chi connectivity index (χ1v) is 5.89. The van der Waals surface area contributed by atoms with Gasteiger partial charge in [-0.3, -0.25) is 0 Å². The largest absolute Gasteiger partial charge is 0.338 e. The fourth-order valence-electron chi connectivity index (χ4n) is 2.55. The lowest BCUT2D eigenvalue weighted by molar-refractivity contribution is 0.469.